The Hall–Kier alpha value is -1.61. The van der Waals surface area contributed by atoms with Crippen LogP contribution in [0, 0.1) is 0 Å². The topological polar surface area (TPSA) is 32.3 Å². The molecule has 1 amide bonds. The highest BCUT2D eigenvalue weighted by atomic mass is 16.1. The van der Waals surface area contributed by atoms with Crippen molar-refractivity contribution in [3.63, 3.8) is 0 Å². The molecule has 0 spiro atoms. The molecule has 3 nitrogen and oxygen atoms in total. The lowest BCUT2D eigenvalue weighted by Crippen LogP contribution is -2.26. The van der Waals surface area contributed by atoms with E-state index >= 15 is 0 Å². The van der Waals surface area contributed by atoms with Gasteiger partial charge in [0.1, 0.15) is 0 Å². The van der Waals surface area contributed by atoms with Gasteiger partial charge in [0.05, 0.1) is 0 Å². The van der Waals surface area contributed by atoms with Crippen LogP contribution in [0.3, 0.4) is 0 Å². The van der Waals surface area contributed by atoms with Crippen LogP contribution in [0.15, 0.2) is 42.5 Å². The van der Waals surface area contributed by atoms with E-state index in [4.69, 9.17) is 0 Å². The van der Waals surface area contributed by atoms with Gasteiger partial charge in [-0.15, -0.1) is 0 Å². The predicted octanol–water partition coefficient (Wildman–Crippen LogP) is 2.20. The third-order valence-corrected chi connectivity index (χ3v) is 2.63. The second-order valence-electron chi connectivity index (χ2n) is 4.37. The van der Waals surface area contributed by atoms with Gasteiger partial charge in [-0.05, 0) is 38.6 Å². The van der Waals surface area contributed by atoms with E-state index in [0.29, 0.717) is 0 Å². The molecule has 0 aliphatic rings. The number of nitrogens with zero attached hydrogens (tertiary/aromatic N) is 1. The van der Waals surface area contributed by atoms with Crippen molar-refractivity contribution in [3.05, 3.63) is 48.0 Å². The molecule has 0 bridgehead atoms. The Morgan fingerprint density at radius 3 is 2.72 bits per heavy atom. The first-order valence-electron chi connectivity index (χ1n) is 6.35. The van der Waals surface area contributed by atoms with Gasteiger partial charge in [-0.2, -0.15) is 0 Å². The summed E-state index contributed by atoms with van der Waals surface area (Å²) >= 11 is 0. The quantitative estimate of drug-likeness (QED) is 0.591. The number of hydrogen-bond donors (Lipinski definition) is 1. The first-order valence-corrected chi connectivity index (χ1v) is 6.35. The van der Waals surface area contributed by atoms with Crippen molar-refractivity contribution in [2.24, 2.45) is 0 Å². The van der Waals surface area contributed by atoms with Gasteiger partial charge in [-0.25, -0.2) is 0 Å². The standard InChI is InChI=1S/C15H22N2O/c1-3-8-15(18)16-11-7-12-17(2)13-14-9-5-4-6-10-14/h3-6,8-10H,7,11-13H2,1-2H3,(H,16,18)/b8-3+. The fraction of sp³-hybridized carbons (Fsp3) is 0.400. The summed E-state index contributed by atoms with van der Waals surface area (Å²) < 4.78 is 0. The SMILES string of the molecule is C/C=C/C(=O)NCCCN(C)Cc1ccccc1. The van der Waals surface area contributed by atoms with Gasteiger partial charge in [0, 0.05) is 13.1 Å². The van der Waals surface area contributed by atoms with E-state index in [-0.39, 0.29) is 5.91 Å². The molecule has 1 aromatic carbocycles. The number of carbonyl (C=O) groups is 1. The predicted molar refractivity (Wildman–Crippen MR) is 75.2 cm³/mol. The molecule has 0 saturated carbocycles. The molecule has 98 valence electrons. The molecular formula is C15H22N2O. The Labute approximate surface area is 109 Å². The maximum atomic E-state index is 11.2. The lowest BCUT2D eigenvalue weighted by Gasteiger charge is -2.16. The summed E-state index contributed by atoms with van der Waals surface area (Å²) in [6, 6.07) is 10.4. The lowest BCUT2D eigenvalue weighted by atomic mass is 10.2. The summed E-state index contributed by atoms with van der Waals surface area (Å²) in [4.78, 5) is 13.4. The van der Waals surface area contributed by atoms with Gasteiger partial charge in [0.25, 0.3) is 0 Å². The molecule has 1 N–H and O–H groups in total. The number of allylic oxidation sites excluding steroid dienone is 1. The van der Waals surface area contributed by atoms with Crippen LogP contribution >= 0.6 is 0 Å². The zero-order valence-electron chi connectivity index (χ0n) is 11.2. The van der Waals surface area contributed by atoms with E-state index < -0.39 is 0 Å². The molecule has 0 atom stereocenters. The number of benzene rings is 1. The van der Waals surface area contributed by atoms with Gasteiger partial charge in [0.2, 0.25) is 5.91 Å². The van der Waals surface area contributed by atoms with E-state index in [1.807, 2.05) is 13.0 Å². The van der Waals surface area contributed by atoms with Crippen LogP contribution in [0.1, 0.15) is 18.9 Å². The lowest BCUT2D eigenvalue weighted by molar-refractivity contribution is -0.116. The Kier molecular flexibility index (Phi) is 6.81. The van der Waals surface area contributed by atoms with Crippen LogP contribution in [-0.2, 0) is 11.3 Å². The van der Waals surface area contributed by atoms with Crippen LogP contribution in [0.5, 0.6) is 0 Å². The fourth-order valence-electron chi connectivity index (χ4n) is 1.75. The molecule has 0 unspecified atom stereocenters. The van der Waals surface area contributed by atoms with Crippen molar-refractivity contribution in [2.75, 3.05) is 20.1 Å². The third kappa shape index (κ3) is 6.21. The van der Waals surface area contributed by atoms with E-state index in [0.717, 1.165) is 26.1 Å². The molecule has 0 aliphatic carbocycles. The number of hydrogen-bond acceptors (Lipinski definition) is 2. The van der Waals surface area contributed by atoms with Crippen molar-refractivity contribution in [1.82, 2.24) is 10.2 Å². The normalized spacial score (nSPS) is 11.1. The van der Waals surface area contributed by atoms with Crippen LogP contribution in [0.25, 0.3) is 0 Å². The van der Waals surface area contributed by atoms with Crippen molar-refractivity contribution in [1.29, 1.82) is 0 Å². The summed E-state index contributed by atoms with van der Waals surface area (Å²) in [6.45, 7) is 4.49. The smallest absolute Gasteiger partial charge is 0.243 e. The second kappa shape index (κ2) is 8.48. The minimum atomic E-state index is -0.0109. The van der Waals surface area contributed by atoms with Gasteiger partial charge >= 0.3 is 0 Å². The first-order chi connectivity index (χ1) is 8.72. The van der Waals surface area contributed by atoms with Crippen molar-refractivity contribution >= 4 is 5.91 Å². The molecular weight excluding hydrogens is 224 g/mol. The number of amides is 1. The highest BCUT2D eigenvalue weighted by molar-refractivity contribution is 5.87. The van der Waals surface area contributed by atoms with Gasteiger partial charge in [0.15, 0.2) is 0 Å². The van der Waals surface area contributed by atoms with Gasteiger partial charge < -0.3 is 10.2 Å². The number of carbonyl (C=O) groups excluding carboxylic acids is 1. The third-order valence-electron chi connectivity index (χ3n) is 2.63. The molecule has 1 rings (SSSR count). The molecule has 1 aromatic rings. The van der Waals surface area contributed by atoms with Gasteiger partial charge in [-0.1, -0.05) is 36.4 Å². The van der Waals surface area contributed by atoms with Crippen molar-refractivity contribution in [3.8, 4) is 0 Å². The summed E-state index contributed by atoms with van der Waals surface area (Å²) in [5.74, 6) is -0.0109. The molecule has 0 heterocycles. The molecule has 0 fully saturated rings. The molecule has 0 radical (unpaired) electrons. The number of nitrogens with one attached hydrogen (secondary N) is 1. The number of rotatable bonds is 7. The molecule has 0 saturated heterocycles. The average molecular weight is 246 g/mol. The first kappa shape index (κ1) is 14.5. The van der Waals surface area contributed by atoms with Crippen molar-refractivity contribution < 1.29 is 4.79 Å². The highest BCUT2D eigenvalue weighted by Crippen LogP contribution is 2.02. The Bertz CT molecular complexity index is 373. The highest BCUT2D eigenvalue weighted by Gasteiger charge is 2.00. The summed E-state index contributed by atoms with van der Waals surface area (Å²) in [5.41, 5.74) is 1.32. The maximum absolute atomic E-state index is 11.2. The van der Waals surface area contributed by atoms with Crippen LogP contribution in [0.2, 0.25) is 0 Å². The molecule has 18 heavy (non-hydrogen) atoms. The van der Waals surface area contributed by atoms with E-state index in [9.17, 15) is 4.79 Å². The summed E-state index contributed by atoms with van der Waals surface area (Å²) in [5, 5.41) is 2.85. The van der Waals surface area contributed by atoms with Crippen molar-refractivity contribution in [2.45, 2.75) is 19.9 Å². The van der Waals surface area contributed by atoms with Crippen LogP contribution in [-0.4, -0.2) is 30.9 Å². The van der Waals surface area contributed by atoms with E-state index in [2.05, 4.69) is 41.5 Å². The minimum Gasteiger partial charge on any atom is -0.353 e. The molecule has 3 heteroatoms. The zero-order valence-corrected chi connectivity index (χ0v) is 11.2. The fourth-order valence-corrected chi connectivity index (χ4v) is 1.75. The molecule has 0 aliphatic heterocycles. The average Bonchev–Trinajstić information content (AvgIpc) is 2.36. The van der Waals surface area contributed by atoms with Gasteiger partial charge in [-0.3, -0.25) is 4.79 Å². The maximum Gasteiger partial charge on any atom is 0.243 e. The largest absolute Gasteiger partial charge is 0.353 e. The Morgan fingerprint density at radius 1 is 1.33 bits per heavy atom. The van der Waals surface area contributed by atoms with Crippen LogP contribution in [0.4, 0.5) is 0 Å². The Morgan fingerprint density at radius 2 is 2.06 bits per heavy atom. The summed E-state index contributed by atoms with van der Waals surface area (Å²) in [6.07, 6.45) is 4.26. The van der Waals surface area contributed by atoms with Crippen LogP contribution < -0.4 is 5.32 Å². The van der Waals surface area contributed by atoms with E-state index in [1.165, 1.54) is 5.56 Å². The minimum absolute atomic E-state index is 0.0109. The Balaban J connectivity index is 2.14. The zero-order chi connectivity index (χ0) is 13.2. The monoisotopic (exact) mass is 246 g/mol. The summed E-state index contributed by atoms with van der Waals surface area (Å²) in [7, 11) is 2.10. The van der Waals surface area contributed by atoms with E-state index in [1.54, 1.807) is 12.2 Å². The molecule has 0 aromatic heterocycles. The second-order valence-corrected chi connectivity index (χ2v) is 4.37.